The molecule has 1 aromatic carbocycles. The first-order valence-electron chi connectivity index (χ1n) is 4.88. The van der Waals surface area contributed by atoms with E-state index in [9.17, 15) is 23.7 Å². The highest BCUT2D eigenvalue weighted by Crippen LogP contribution is 2.31. The lowest BCUT2D eigenvalue weighted by Gasteiger charge is -2.11. The molecule has 0 aliphatic heterocycles. The van der Waals surface area contributed by atoms with Crippen molar-refractivity contribution < 1.29 is 28.3 Å². The summed E-state index contributed by atoms with van der Waals surface area (Å²) in [7, 11) is 0. The van der Waals surface area contributed by atoms with E-state index < -0.39 is 23.9 Å². The topological polar surface area (TPSA) is 89.7 Å². The summed E-state index contributed by atoms with van der Waals surface area (Å²) in [5.41, 5.74) is -0.409. The van der Waals surface area contributed by atoms with Crippen molar-refractivity contribution in [3.63, 3.8) is 0 Å². The second kappa shape index (κ2) is 6.41. The van der Waals surface area contributed by atoms with Crippen molar-refractivity contribution in [3.05, 3.63) is 33.4 Å². The highest BCUT2D eigenvalue weighted by molar-refractivity contribution is 9.08. The van der Waals surface area contributed by atoms with Crippen LogP contribution in [-0.4, -0.2) is 22.6 Å². The van der Waals surface area contributed by atoms with Crippen LogP contribution in [0.25, 0.3) is 0 Å². The van der Waals surface area contributed by atoms with Gasteiger partial charge >= 0.3 is 12.6 Å². The summed E-state index contributed by atoms with van der Waals surface area (Å²) in [6.07, 6.45) is -0.647. The zero-order valence-electron chi connectivity index (χ0n) is 9.31. The minimum atomic E-state index is -3.14. The van der Waals surface area contributed by atoms with E-state index in [0.29, 0.717) is 0 Å². The summed E-state index contributed by atoms with van der Waals surface area (Å²) in [6.45, 7) is -3.14. The van der Waals surface area contributed by atoms with Gasteiger partial charge in [0.2, 0.25) is 0 Å². The van der Waals surface area contributed by atoms with E-state index in [1.165, 1.54) is 0 Å². The van der Waals surface area contributed by atoms with Crippen LogP contribution in [0.4, 0.5) is 14.5 Å². The smallest absolute Gasteiger partial charge is 0.387 e. The van der Waals surface area contributed by atoms with Gasteiger partial charge in [-0.25, -0.2) is 0 Å². The van der Waals surface area contributed by atoms with Gasteiger partial charge in [0, 0.05) is 22.5 Å². The molecular weight excluding hydrogens is 332 g/mol. The maximum Gasteiger partial charge on any atom is 0.387 e. The number of benzene rings is 1. The summed E-state index contributed by atoms with van der Waals surface area (Å²) in [4.78, 5) is 20.7. The average Bonchev–Trinajstić information content (AvgIpc) is 2.29. The van der Waals surface area contributed by atoms with Crippen LogP contribution in [0.15, 0.2) is 12.1 Å². The van der Waals surface area contributed by atoms with Gasteiger partial charge in [-0.2, -0.15) is 8.78 Å². The third-order valence-electron chi connectivity index (χ3n) is 2.16. The van der Waals surface area contributed by atoms with E-state index in [2.05, 4.69) is 20.7 Å². The third kappa shape index (κ3) is 4.12. The Morgan fingerprint density at radius 2 is 2.11 bits per heavy atom. The minimum Gasteiger partial charge on any atom is -0.481 e. The Kier molecular flexibility index (Phi) is 5.16. The number of nitro groups is 1. The van der Waals surface area contributed by atoms with E-state index >= 15 is 0 Å². The summed E-state index contributed by atoms with van der Waals surface area (Å²) in [6, 6.07) is 1.97. The van der Waals surface area contributed by atoms with Crippen molar-refractivity contribution in [2.75, 3.05) is 0 Å². The average molecular weight is 340 g/mol. The van der Waals surface area contributed by atoms with Crippen molar-refractivity contribution in [2.24, 2.45) is 0 Å². The number of nitrogens with zero attached hydrogens (tertiary/aromatic N) is 1. The molecular formula is C10H8BrF2NO5. The van der Waals surface area contributed by atoms with Crippen molar-refractivity contribution in [1.82, 2.24) is 0 Å². The maximum atomic E-state index is 12.2. The summed E-state index contributed by atoms with van der Waals surface area (Å²) in [5, 5.41) is 19.5. The molecule has 0 fully saturated rings. The van der Waals surface area contributed by atoms with Gasteiger partial charge in [-0.3, -0.25) is 14.9 Å². The predicted molar refractivity (Wildman–Crippen MR) is 63.7 cm³/mol. The molecule has 6 nitrogen and oxygen atoms in total. The van der Waals surface area contributed by atoms with Gasteiger partial charge in [-0.05, 0) is 6.07 Å². The molecule has 9 heteroatoms. The molecule has 0 bridgehead atoms. The van der Waals surface area contributed by atoms with Gasteiger partial charge in [-0.15, -0.1) is 0 Å². The predicted octanol–water partition coefficient (Wildman–Crippen LogP) is 2.72. The normalized spacial score (nSPS) is 10.5. The van der Waals surface area contributed by atoms with E-state index in [-0.39, 0.29) is 27.9 Å². The molecule has 0 saturated carbocycles. The van der Waals surface area contributed by atoms with Crippen LogP contribution in [0.5, 0.6) is 5.75 Å². The molecule has 0 heterocycles. The van der Waals surface area contributed by atoms with Crippen LogP contribution >= 0.6 is 15.9 Å². The van der Waals surface area contributed by atoms with Crippen LogP contribution in [-0.2, 0) is 16.5 Å². The highest BCUT2D eigenvalue weighted by Gasteiger charge is 2.21. The zero-order valence-corrected chi connectivity index (χ0v) is 10.9. The van der Waals surface area contributed by atoms with Gasteiger partial charge in [0.15, 0.2) is 0 Å². The van der Waals surface area contributed by atoms with Gasteiger partial charge in [0.1, 0.15) is 5.75 Å². The molecule has 0 aliphatic carbocycles. The summed E-state index contributed by atoms with van der Waals surface area (Å²) < 4.78 is 28.6. The fraction of sp³-hybridized carbons (Fsp3) is 0.300. The Morgan fingerprint density at radius 3 is 2.53 bits per heavy atom. The van der Waals surface area contributed by atoms with Gasteiger partial charge in [-0.1, -0.05) is 15.9 Å². The molecule has 0 atom stereocenters. The molecule has 1 aromatic rings. The van der Waals surface area contributed by atoms with E-state index in [4.69, 9.17) is 5.11 Å². The van der Waals surface area contributed by atoms with Crippen LogP contribution in [0.2, 0.25) is 0 Å². The maximum absolute atomic E-state index is 12.2. The van der Waals surface area contributed by atoms with Crippen LogP contribution in [0.3, 0.4) is 0 Å². The Labute approximate surface area is 114 Å². The first-order chi connectivity index (χ1) is 8.85. The number of alkyl halides is 3. The molecule has 0 spiro atoms. The number of aliphatic carboxylic acids is 1. The lowest BCUT2D eigenvalue weighted by atomic mass is 10.1. The standard InChI is InChI=1S/C10H8BrF2NO5/c11-4-6-2-8(19-10(12)13)5(3-9(15)16)1-7(6)14(17)18/h1-2,10H,3-4H2,(H,15,16). The molecule has 1 rings (SSSR count). The number of halogens is 3. The second-order valence-electron chi connectivity index (χ2n) is 3.43. The third-order valence-corrected chi connectivity index (χ3v) is 2.76. The van der Waals surface area contributed by atoms with Gasteiger partial charge in [0.25, 0.3) is 5.69 Å². The van der Waals surface area contributed by atoms with Crippen molar-refractivity contribution >= 4 is 27.6 Å². The molecule has 19 heavy (non-hydrogen) atoms. The van der Waals surface area contributed by atoms with Crippen molar-refractivity contribution in [3.8, 4) is 5.75 Å². The number of carbonyl (C=O) groups is 1. The Hall–Kier alpha value is -1.77. The van der Waals surface area contributed by atoms with E-state index in [1.54, 1.807) is 0 Å². The lowest BCUT2D eigenvalue weighted by molar-refractivity contribution is -0.385. The molecule has 0 radical (unpaired) electrons. The molecule has 0 unspecified atom stereocenters. The van der Waals surface area contributed by atoms with Crippen molar-refractivity contribution in [2.45, 2.75) is 18.4 Å². The summed E-state index contributed by atoms with van der Waals surface area (Å²) in [5.74, 6) is -1.68. The zero-order chi connectivity index (χ0) is 14.6. The van der Waals surface area contributed by atoms with Crippen LogP contribution < -0.4 is 4.74 Å². The summed E-state index contributed by atoms with van der Waals surface area (Å²) >= 11 is 2.99. The number of hydrogen-bond acceptors (Lipinski definition) is 4. The lowest BCUT2D eigenvalue weighted by Crippen LogP contribution is -2.09. The number of ether oxygens (including phenoxy) is 1. The Morgan fingerprint density at radius 1 is 1.47 bits per heavy atom. The van der Waals surface area contributed by atoms with E-state index in [1.807, 2.05) is 0 Å². The fourth-order valence-electron chi connectivity index (χ4n) is 1.44. The molecule has 104 valence electrons. The molecule has 0 aromatic heterocycles. The number of nitro benzene ring substituents is 1. The van der Waals surface area contributed by atoms with E-state index in [0.717, 1.165) is 12.1 Å². The highest BCUT2D eigenvalue weighted by atomic mass is 79.9. The minimum absolute atomic E-state index is 0.0518. The van der Waals surface area contributed by atoms with Crippen molar-refractivity contribution in [1.29, 1.82) is 0 Å². The number of hydrogen-bond donors (Lipinski definition) is 1. The van der Waals surface area contributed by atoms with Crippen LogP contribution in [0.1, 0.15) is 11.1 Å². The molecule has 1 N–H and O–H groups in total. The van der Waals surface area contributed by atoms with Gasteiger partial charge in [0.05, 0.1) is 11.3 Å². The first-order valence-corrected chi connectivity index (χ1v) is 6.00. The fourth-order valence-corrected chi connectivity index (χ4v) is 1.89. The molecule has 0 saturated heterocycles. The molecule has 0 amide bonds. The number of carboxylic acid groups (broad SMARTS) is 1. The van der Waals surface area contributed by atoms with Crippen LogP contribution in [0, 0.1) is 10.1 Å². The van der Waals surface area contributed by atoms with Gasteiger partial charge < -0.3 is 9.84 Å². The Bertz CT molecular complexity index is 509. The monoisotopic (exact) mass is 339 g/mol. The largest absolute Gasteiger partial charge is 0.481 e. The SMILES string of the molecule is O=C(O)Cc1cc([N+](=O)[O-])c(CBr)cc1OC(F)F. The quantitative estimate of drug-likeness (QED) is 0.489. The number of carboxylic acids is 1. The molecule has 0 aliphatic rings. The first kappa shape index (κ1) is 15.3. The second-order valence-corrected chi connectivity index (χ2v) is 3.99. The Balaban J connectivity index is 3.33. The number of rotatable bonds is 6.